The number of carbonyl (C=O) groups excluding carboxylic acids is 2. The fourth-order valence-electron chi connectivity index (χ4n) is 6.85. The SMILES string of the molecule is CN(CCC1(c2ccccc2)C=CC(N2CCCCC2)=CC1NC(=O)O)C(=O)c1ccc(CN2CCC(C(N)=O)CC2)cc1. The Morgan fingerprint density at radius 1 is 0.977 bits per heavy atom. The molecule has 0 radical (unpaired) electrons. The van der Waals surface area contributed by atoms with E-state index in [0.717, 1.165) is 75.2 Å². The van der Waals surface area contributed by atoms with Crippen LogP contribution in [0.25, 0.3) is 0 Å². The molecule has 0 saturated carbocycles. The molecule has 2 aliphatic heterocycles. The van der Waals surface area contributed by atoms with Gasteiger partial charge in [0.15, 0.2) is 0 Å². The molecule has 2 fully saturated rings. The molecule has 2 heterocycles. The Kier molecular flexibility index (Phi) is 10.0. The molecule has 234 valence electrons. The predicted molar refractivity (Wildman–Crippen MR) is 171 cm³/mol. The first kappa shape index (κ1) is 31.3. The number of carboxylic acid groups (broad SMARTS) is 1. The Balaban J connectivity index is 1.28. The van der Waals surface area contributed by atoms with Gasteiger partial charge in [-0.15, -0.1) is 0 Å². The molecule has 4 N–H and O–H groups in total. The van der Waals surface area contributed by atoms with E-state index in [0.29, 0.717) is 18.5 Å². The summed E-state index contributed by atoms with van der Waals surface area (Å²) in [6, 6.07) is 17.2. The lowest BCUT2D eigenvalue weighted by molar-refractivity contribution is -0.123. The van der Waals surface area contributed by atoms with Gasteiger partial charge >= 0.3 is 6.09 Å². The Hall–Kier alpha value is -4.11. The van der Waals surface area contributed by atoms with Crippen molar-refractivity contribution in [3.05, 3.63) is 95.2 Å². The van der Waals surface area contributed by atoms with Gasteiger partial charge in [0.2, 0.25) is 5.91 Å². The molecule has 5 rings (SSSR count). The van der Waals surface area contributed by atoms with E-state index in [1.165, 1.54) is 6.42 Å². The number of primary amides is 1. The number of hydrogen-bond acceptors (Lipinski definition) is 5. The zero-order valence-corrected chi connectivity index (χ0v) is 25.7. The molecule has 3 amide bonds. The number of piperidine rings is 2. The fraction of sp³-hybridized carbons (Fsp3) is 0.457. The van der Waals surface area contributed by atoms with Gasteiger partial charge in [-0.2, -0.15) is 0 Å². The van der Waals surface area contributed by atoms with Gasteiger partial charge in [0.1, 0.15) is 0 Å². The van der Waals surface area contributed by atoms with Crippen LogP contribution in [-0.2, 0) is 16.8 Å². The topological polar surface area (TPSA) is 119 Å². The first-order chi connectivity index (χ1) is 21.2. The highest BCUT2D eigenvalue weighted by Gasteiger charge is 2.41. The standard InChI is InChI=1S/C35H45N5O4/c1-38(33(42)28-12-10-26(11-13-28)25-39-21-15-27(16-22-39)32(36)41)23-18-35(29-8-4-2-5-9-29)17-14-30(24-31(35)37-34(43)44)40-19-6-3-7-20-40/h2,4-5,8-14,17,24,27,31,37H,3,6-7,15-16,18-23,25H2,1H3,(H2,36,41)(H,43,44). The number of benzene rings is 2. The van der Waals surface area contributed by atoms with Crippen molar-refractivity contribution in [2.45, 2.75) is 56.5 Å². The van der Waals surface area contributed by atoms with E-state index in [1.807, 2.05) is 54.6 Å². The minimum atomic E-state index is -1.07. The molecular weight excluding hydrogens is 554 g/mol. The lowest BCUT2D eigenvalue weighted by atomic mass is 9.69. The molecule has 44 heavy (non-hydrogen) atoms. The van der Waals surface area contributed by atoms with Gasteiger partial charge < -0.3 is 26.0 Å². The third-order valence-electron chi connectivity index (χ3n) is 9.56. The molecule has 3 aliphatic rings. The van der Waals surface area contributed by atoms with Gasteiger partial charge in [-0.1, -0.05) is 48.5 Å². The van der Waals surface area contributed by atoms with Crippen LogP contribution in [0.1, 0.15) is 60.0 Å². The van der Waals surface area contributed by atoms with Crippen LogP contribution in [0.4, 0.5) is 4.79 Å². The zero-order chi connectivity index (χ0) is 31.1. The largest absolute Gasteiger partial charge is 0.465 e. The summed E-state index contributed by atoms with van der Waals surface area (Å²) in [4.78, 5) is 43.4. The fourth-order valence-corrected chi connectivity index (χ4v) is 6.85. The summed E-state index contributed by atoms with van der Waals surface area (Å²) in [5, 5.41) is 12.7. The lowest BCUT2D eigenvalue weighted by Crippen LogP contribution is -2.51. The van der Waals surface area contributed by atoms with E-state index in [4.69, 9.17) is 5.73 Å². The molecule has 0 bridgehead atoms. The Labute approximate surface area is 260 Å². The molecule has 9 heteroatoms. The van der Waals surface area contributed by atoms with Gasteiger partial charge in [0.25, 0.3) is 5.91 Å². The summed E-state index contributed by atoms with van der Waals surface area (Å²) in [5.74, 6) is -0.317. The van der Waals surface area contributed by atoms with Crippen LogP contribution in [0.5, 0.6) is 0 Å². The first-order valence-electron chi connectivity index (χ1n) is 15.8. The monoisotopic (exact) mass is 599 g/mol. The van der Waals surface area contributed by atoms with Gasteiger partial charge in [-0.05, 0) is 87.0 Å². The Morgan fingerprint density at radius 3 is 2.30 bits per heavy atom. The van der Waals surface area contributed by atoms with E-state index in [9.17, 15) is 19.5 Å². The summed E-state index contributed by atoms with van der Waals surface area (Å²) in [7, 11) is 1.80. The van der Waals surface area contributed by atoms with Crippen LogP contribution in [0.2, 0.25) is 0 Å². The first-order valence-corrected chi connectivity index (χ1v) is 15.8. The minimum absolute atomic E-state index is 0.0326. The molecule has 2 aromatic rings. The maximum absolute atomic E-state index is 13.5. The van der Waals surface area contributed by atoms with Crippen molar-refractivity contribution < 1.29 is 19.5 Å². The normalized spacial score (nSPS) is 22.7. The van der Waals surface area contributed by atoms with E-state index >= 15 is 0 Å². The number of rotatable bonds is 10. The second-order valence-corrected chi connectivity index (χ2v) is 12.4. The summed E-state index contributed by atoms with van der Waals surface area (Å²) in [6.45, 7) is 4.82. The van der Waals surface area contributed by atoms with Crippen molar-refractivity contribution in [1.82, 2.24) is 20.0 Å². The minimum Gasteiger partial charge on any atom is -0.465 e. The van der Waals surface area contributed by atoms with Gasteiger partial charge in [-0.3, -0.25) is 14.5 Å². The molecule has 1 aliphatic carbocycles. The Bertz CT molecular complexity index is 1360. The van der Waals surface area contributed by atoms with Crippen molar-refractivity contribution in [2.24, 2.45) is 11.7 Å². The number of nitrogens with two attached hydrogens (primary N) is 1. The van der Waals surface area contributed by atoms with Crippen molar-refractivity contribution in [3.63, 3.8) is 0 Å². The molecule has 9 nitrogen and oxygen atoms in total. The molecular formula is C35H45N5O4. The van der Waals surface area contributed by atoms with Crippen molar-refractivity contribution in [1.29, 1.82) is 0 Å². The number of nitrogens with one attached hydrogen (secondary N) is 1. The average Bonchev–Trinajstić information content (AvgIpc) is 3.05. The maximum Gasteiger partial charge on any atom is 0.405 e. The highest BCUT2D eigenvalue weighted by Crippen LogP contribution is 2.39. The third-order valence-corrected chi connectivity index (χ3v) is 9.56. The van der Waals surface area contributed by atoms with Crippen LogP contribution in [0.3, 0.4) is 0 Å². The molecule has 2 aromatic carbocycles. The number of carbonyl (C=O) groups is 3. The average molecular weight is 600 g/mol. The summed E-state index contributed by atoms with van der Waals surface area (Å²) in [5.41, 5.74) is 8.61. The van der Waals surface area contributed by atoms with E-state index < -0.39 is 17.6 Å². The predicted octanol–water partition coefficient (Wildman–Crippen LogP) is 4.36. The summed E-state index contributed by atoms with van der Waals surface area (Å²) >= 11 is 0. The molecule has 2 unspecified atom stereocenters. The second-order valence-electron chi connectivity index (χ2n) is 12.4. The third kappa shape index (κ3) is 7.33. The van der Waals surface area contributed by atoms with Gasteiger partial charge in [-0.25, -0.2) is 4.79 Å². The maximum atomic E-state index is 13.5. The lowest BCUT2D eigenvalue weighted by Gasteiger charge is -2.43. The second kappa shape index (κ2) is 14.1. The van der Waals surface area contributed by atoms with Crippen molar-refractivity contribution in [2.75, 3.05) is 39.8 Å². The van der Waals surface area contributed by atoms with E-state index in [-0.39, 0.29) is 17.7 Å². The van der Waals surface area contributed by atoms with Gasteiger partial charge in [0, 0.05) is 55.8 Å². The highest BCUT2D eigenvalue weighted by molar-refractivity contribution is 5.94. The van der Waals surface area contributed by atoms with Crippen LogP contribution in [-0.4, -0.2) is 83.5 Å². The molecule has 2 saturated heterocycles. The van der Waals surface area contributed by atoms with Gasteiger partial charge in [0.05, 0.1) is 6.04 Å². The smallest absolute Gasteiger partial charge is 0.405 e. The van der Waals surface area contributed by atoms with Crippen LogP contribution < -0.4 is 11.1 Å². The highest BCUT2D eigenvalue weighted by atomic mass is 16.4. The van der Waals surface area contributed by atoms with E-state index in [1.54, 1.807) is 11.9 Å². The van der Waals surface area contributed by atoms with Crippen molar-refractivity contribution in [3.8, 4) is 0 Å². The number of likely N-dealkylation sites (tertiary alicyclic amines) is 2. The molecule has 2 atom stereocenters. The summed E-state index contributed by atoms with van der Waals surface area (Å²) < 4.78 is 0. The number of allylic oxidation sites excluding steroid dienone is 1. The Morgan fingerprint density at radius 2 is 1.66 bits per heavy atom. The zero-order valence-electron chi connectivity index (χ0n) is 25.7. The number of hydrogen-bond donors (Lipinski definition) is 3. The van der Waals surface area contributed by atoms with Crippen molar-refractivity contribution >= 4 is 17.9 Å². The van der Waals surface area contributed by atoms with E-state index in [2.05, 4.69) is 33.3 Å². The molecule has 0 aromatic heterocycles. The van der Waals surface area contributed by atoms with Crippen LogP contribution in [0.15, 0.2) is 78.5 Å². The van der Waals surface area contributed by atoms with Crippen LogP contribution in [0, 0.1) is 5.92 Å². The molecule has 0 spiro atoms. The number of nitrogens with zero attached hydrogens (tertiary/aromatic N) is 3. The number of amides is 3. The quantitative estimate of drug-likeness (QED) is 0.374. The van der Waals surface area contributed by atoms with Crippen LogP contribution >= 0.6 is 0 Å². The summed E-state index contributed by atoms with van der Waals surface area (Å²) in [6.07, 6.45) is 10.9.